The van der Waals surface area contributed by atoms with Crippen LogP contribution < -0.4 is 10.2 Å². The highest BCUT2D eigenvalue weighted by Gasteiger charge is 2.29. The van der Waals surface area contributed by atoms with Crippen LogP contribution in [0.15, 0.2) is 42.5 Å². The second-order valence-corrected chi connectivity index (χ2v) is 7.30. The van der Waals surface area contributed by atoms with E-state index in [4.69, 9.17) is 10.00 Å². The molecule has 0 aliphatic rings. The number of rotatable bonds is 9. The monoisotopic (exact) mass is 461 g/mol. The Balaban J connectivity index is 2.11. The quantitative estimate of drug-likeness (QED) is 0.578. The fraction of sp³-hybridized carbons (Fsp3) is 0.304. The van der Waals surface area contributed by atoms with Crippen LogP contribution in [0.2, 0.25) is 0 Å². The zero-order chi connectivity index (χ0) is 24.5. The maximum absolute atomic E-state index is 14.1. The lowest BCUT2D eigenvalue weighted by molar-refractivity contribution is -0.150. The lowest BCUT2D eigenvalue weighted by Crippen LogP contribution is -2.47. The van der Waals surface area contributed by atoms with Crippen LogP contribution in [-0.4, -0.2) is 37.0 Å². The van der Waals surface area contributed by atoms with Crippen LogP contribution in [0.25, 0.3) is 0 Å². The number of ether oxygens (including phenoxy) is 1. The Morgan fingerprint density at radius 2 is 1.64 bits per heavy atom. The number of esters is 1. The maximum atomic E-state index is 14.1. The van der Waals surface area contributed by atoms with Gasteiger partial charge < -0.3 is 15.0 Å². The predicted molar refractivity (Wildman–Crippen MR) is 112 cm³/mol. The molecule has 1 N–H and O–H groups in total. The molecule has 0 spiro atoms. The molecule has 33 heavy (non-hydrogen) atoms. The van der Waals surface area contributed by atoms with Gasteiger partial charge in [-0.1, -0.05) is 32.0 Å². The Morgan fingerprint density at radius 1 is 1.03 bits per heavy atom. The smallest absolute Gasteiger partial charge is 0.329 e. The first-order chi connectivity index (χ1) is 15.7. The van der Waals surface area contributed by atoms with Gasteiger partial charge in [0, 0.05) is 6.54 Å². The van der Waals surface area contributed by atoms with Crippen molar-refractivity contribution in [3.05, 3.63) is 65.5 Å². The topological polar surface area (TPSA) is 99.5 Å². The van der Waals surface area contributed by atoms with Crippen molar-refractivity contribution in [1.29, 1.82) is 5.26 Å². The highest BCUT2D eigenvalue weighted by molar-refractivity contribution is 5.98. The molecule has 0 fully saturated rings. The van der Waals surface area contributed by atoms with Gasteiger partial charge in [0.05, 0.1) is 18.2 Å². The molecule has 2 amide bonds. The summed E-state index contributed by atoms with van der Waals surface area (Å²) in [5, 5.41) is 11.0. The van der Waals surface area contributed by atoms with Crippen molar-refractivity contribution in [2.45, 2.75) is 26.3 Å². The minimum Gasteiger partial charge on any atom is -0.454 e. The van der Waals surface area contributed by atoms with E-state index in [2.05, 4.69) is 5.32 Å². The number of hydrogen-bond donors (Lipinski definition) is 1. The Morgan fingerprint density at radius 3 is 2.21 bits per heavy atom. The number of carbonyl (C=O) groups excluding carboxylic acids is 3. The number of nitrogens with one attached hydrogen (secondary N) is 1. The molecular weight excluding hydrogens is 439 g/mol. The number of carbonyl (C=O) groups is 3. The van der Waals surface area contributed by atoms with E-state index in [0.717, 1.165) is 29.2 Å². The van der Waals surface area contributed by atoms with E-state index in [9.17, 15) is 27.6 Å². The Bertz CT molecular complexity index is 1050. The molecule has 2 aromatic carbocycles. The van der Waals surface area contributed by atoms with Gasteiger partial charge >= 0.3 is 5.97 Å². The molecule has 0 radical (unpaired) electrons. The van der Waals surface area contributed by atoms with Crippen molar-refractivity contribution in [3.8, 4) is 6.07 Å². The fourth-order valence-electron chi connectivity index (χ4n) is 2.94. The van der Waals surface area contributed by atoms with E-state index in [-0.39, 0.29) is 18.7 Å². The van der Waals surface area contributed by atoms with Gasteiger partial charge in [0.2, 0.25) is 0 Å². The van der Waals surface area contributed by atoms with Crippen molar-refractivity contribution in [2.24, 2.45) is 5.92 Å². The van der Waals surface area contributed by atoms with Crippen LogP contribution in [-0.2, 0) is 14.3 Å². The summed E-state index contributed by atoms with van der Waals surface area (Å²) in [4.78, 5) is 38.5. The molecule has 0 bridgehead atoms. The molecule has 0 aromatic heterocycles. The second kappa shape index (κ2) is 11.7. The lowest BCUT2D eigenvalue weighted by Gasteiger charge is -2.24. The van der Waals surface area contributed by atoms with Crippen molar-refractivity contribution in [3.63, 3.8) is 0 Å². The molecule has 174 valence electrons. The SMILES string of the molecule is CC(C)C(NC(=O)c1c(F)cccc1F)C(=O)OCC(=O)N(CCC#N)c1ccccc1F. The van der Waals surface area contributed by atoms with Gasteiger partial charge in [-0.3, -0.25) is 9.59 Å². The second-order valence-electron chi connectivity index (χ2n) is 7.30. The van der Waals surface area contributed by atoms with Gasteiger partial charge in [0.15, 0.2) is 6.61 Å². The third-order valence-corrected chi connectivity index (χ3v) is 4.63. The van der Waals surface area contributed by atoms with Crippen molar-refractivity contribution in [2.75, 3.05) is 18.1 Å². The van der Waals surface area contributed by atoms with Gasteiger partial charge in [-0.25, -0.2) is 18.0 Å². The van der Waals surface area contributed by atoms with Crippen molar-refractivity contribution < 1.29 is 32.3 Å². The largest absolute Gasteiger partial charge is 0.454 e. The molecule has 10 heteroatoms. The molecule has 0 aliphatic heterocycles. The molecule has 0 saturated carbocycles. The van der Waals surface area contributed by atoms with Crippen LogP contribution in [0.3, 0.4) is 0 Å². The van der Waals surface area contributed by atoms with Crippen molar-refractivity contribution >= 4 is 23.5 Å². The van der Waals surface area contributed by atoms with E-state index in [1.807, 2.05) is 6.07 Å². The number of para-hydroxylation sites is 1. The minimum atomic E-state index is -1.31. The summed E-state index contributed by atoms with van der Waals surface area (Å²) in [7, 11) is 0. The average Bonchev–Trinajstić information content (AvgIpc) is 2.76. The third kappa shape index (κ3) is 6.55. The highest BCUT2D eigenvalue weighted by Crippen LogP contribution is 2.19. The van der Waals surface area contributed by atoms with Crippen LogP contribution in [0.4, 0.5) is 18.9 Å². The summed E-state index contributed by atoms with van der Waals surface area (Å²) in [5.41, 5.74) is -0.938. The Hall–Kier alpha value is -3.87. The van der Waals surface area contributed by atoms with E-state index >= 15 is 0 Å². The van der Waals surface area contributed by atoms with E-state index in [0.29, 0.717) is 0 Å². The Kier molecular flexibility index (Phi) is 8.98. The number of hydrogen-bond acceptors (Lipinski definition) is 5. The number of amides is 2. The van der Waals surface area contributed by atoms with Gasteiger partial charge in [-0.15, -0.1) is 0 Å². The van der Waals surface area contributed by atoms with E-state index in [1.165, 1.54) is 18.2 Å². The maximum Gasteiger partial charge on any atom is 0.329 e. The third-order valence-electron chi connectivity index (χ3n) is 4.63. The number of nitriles is 1. The molecule has 0 heterocycles. The molecule has 0 aliphatic carbocycles. The zero-order valence-electron chi connectivity index (χ0n) is 18.0. The number of nitrogens with zero attached hydrogens (tertiary/aromatic N) is 2. The first-order valence-corrected chi connectivity index (χ1v) is 10.0. The van der Waals surface area contributed by atoms with E-state index in [1.54, 1.807) is 13.8 Å². The van der Waals surface area contributed by atoms with Crippen LogP contribution in [0.1, 0.15) is 30.6 Å². The van der Waals surface area contributed by atoms with Crippen LogP contribution in [0, 0.1) is 34.7 Å². The van der Waals surface area contributed by atoms with Crippen LogP contribution in [0.5, 0.6) is 0 Å². The molecule has 1 unspecified atom stereocenters. The zero-order valence-corrected chi connectivity index (χ0v) is 18.0. The van der Waals surface area contributed by atoms with Gasteiger partial charge in [-0.2, -0.15) is 5.26 Å². The first kappa shape index (κ1) is 25.4. The van der Waals surface area contributed by atoms with Crippen molar-refractivity contribution in [1.82, 2.24) is 5.32 Å². The average molecular weight is 461 g/mol. The summed E-state index contributed by atoms with van der Waals surface area (Å²) in [6, 6.07) is 8.85. The molecule has 2 rings (SSSR count). The van der Waals surface area contributed by atoms with Gasteiger partial charge in [0.1, 0.15) is 29.1 Å². The summed E-state index contributed by atoms with van der Waals surface area (Å²) in [5.74, 6) is -6.42. The standard InChI is InChI=1S/C23H22F3N3O4/c1-14(2)21(28-22(31)20-16(25)8-5-9-17(20)26)23(32)33-13-19(30)29(12-6-11-27)18-10-4-3-7-15(18)24/h3-5,7-10,14,21H,6,12-13H2,1-2H3,(H,28,31). The molecule has 7 nitrogen and oxygen atoms in total. The normalized spacial score (nSPS) is 11.4. The molecule has 2 aromatic rings. The molecule has 0 saturated heterocycles. The summed E-state index contributed by atoms with van der Waals surface area (Å²) in [6.07, 6.45) is -0.0904. The highest BCUT2D eigenvalue weighted by atomic mass is 19.1. The fourth-order valence-corrected chi connectivity index (χ4v) is 2.94. The number of anilines is 1. The predicted octanol–water partition coefficient (Wildman–Crippen LogP) is 3.35. The number of halogens is 3. The van der Waals surface area contributed by atoms with E-state index < -0.39 is 59.4 Å². The number of benzene rings is 2. The van der Waals surface area contributed by atoms with Gasteiger partial charge in [-0.05, 0) is 30.2 Å². The lowest BCUT2D eigenvalue weighted by atomic mass is 10.0. The molecular formula is C23H22F3N3O4. The summed E-state index contributed by atoms with van der Waals surface area (Å²) in [6.45, 7) is 2.19. The summed E-state index contributed by atoms with van der Waals surface area (Å²) < 4.78 is 46.9. The first-order valence-electron chi connectivity index (χ1n) is 10.0. The molecule has 1 atom stereocenters. The van der Waals surface area contributed by atoms with Gasteiger partial charge in [0.25, 0.3) is 11.8 Å². The Labute approximate surface area is 188 Å². The minimum absolute atomic E-state index is 0.0856. The van der Waals surface area contributed by atoms with Crippen LogP contribution >= 0.6 is 0 Å². The summed E-state index contributed by atoms with van der Waals surface area (Å²) >= 11 is 0.